The predicted molar refractivity (Wildman–Crippen MR) is 63.0 cm³/mol. The summed E-state index contributed by atoms with van der Waals surface area (Å²) < 4.78 is 0. The van der Waals surface area contributed by atoms with Crippen molar-refractivity contribution < 1.29 is 5.11 Å². The summed E-state index contributed by atoms with van der Waals surface area (Å²) in [5.74, 6) is 0.319. The summed E-state index contributed by atoms with van der Waals surface area (Å²) in [4.78, 5) is 3.92. The van der Waals surface area contributed by atoms with Gasteiger partial charge in [-0.25, -0.2) is 0 Å². The van der Waals surface area contributed by atoms with Crippen LogP contribution in [-0.2, 0) is 6.42 Å². The predicted octanol–water partition coefficient (Wildman–Crippen LogP) is 3.07. The molecule has 1 rings (SSSR count). The molecular weight excluding hydrogens is 210 g/mol. The molecule has 1 heterocycles. The zero-order valence-electron chi connectivity index (χ0n) is 9.28. The molecule has 0 bridgehead atoms. The van der Waals surface area contributed by atoms with Gasteiger partial charge in [-0.3, -0.25) is 4.98 Å². The Labute approximate surface area is 96.3 Å². The third-order valence-electron chi connectivity index (χ3n) is 2.69. The maximum Gasteiger partial charge on any atom is 0.0622 e. The quantitative estimate of drug-likeness (QED) is 0.839. The van der Waals surface area contributed by atoms with E-state index in [-0.39, 0.29) is 6.10 Å². The van der Waals surface area contributed by atoms with E-state index in [0.717, 1.165) is 18.4 Å². The zero-order valence-corrected chi connectivity index (χ0v) is 10.0. The summed E-state index contributed by atoms with van der Waals surface area (Å²) in [5, 5.41) is 10.6. The molecule has 0 radical (unpaired) electrons. The summed E-state index contributed by atoms with van der Waals surface area (Å²) in [5.41, 5.74) is 0.974. The van der Waals surface area contributed by atoms with Gasteiger partial charge in [-0.15, -0.1) is 0 Å². The molecule has 2 nitrogen and oxygen atoms in total. The highest BCUT2D eigenvalue weighted by atomic mass is 35.5. The van der Waals surface area contributed by atoms with Crippen LogP contribution in [0.3, 0.4) is 0 Å². The second kappa shape index (κ2) is 6.09. The Kier molecular flexibility index (Phi) is 5.06. The van der Waals surface area contributed by atoms with Gasteiger partial charge in [-0.05, 0) is 24.0 Å². The Morgan fingerprint density at radius 2 is 2.27 bits per heavy atom. The summed E-state index contributed by atoms with van der Waals surface area (Å²) in [7, 11) is 0. The maximum absolute atomic E-state index is 9.95. The van der Waals surface area contributed by atoms with Crippen LogP contribution in [0, 0.1) is 5.92 Å². The molecule has 1 N–H and O–H groups in total. The summed E-state index contributed by atoms with van der Waals surface area (Å²) in [6.07, 6.45) is 5.77. The fourth-order valence-corrected chi connectivity index (χ4v) is 1.84. The molecule has 0 saturated carbocycles. The van der Waals surface area contributed by atoms with Crippen LogP contribution in [0.15, 0.2) is 18.5 Å². The average Bonchev–Trinajstić information content (AvgIpc) is 2.21. The lowest BCUT2D eigenvalue weighted by molar-refractivity contribution is 0.111. The van der Waals surface area contributed by atoms with Crippen molar-refractivity contribution in [2.45, 2.75) is 39.2 Å². The average molecular weight is 228 g/mol. The zero-order chi connectivity index (χ0) is 11.3. The number of aliphatic hydroxyl groups is 1. The van der Waals surface area contributed by atoms with Crippen molar-refractivity contribution in [1.29, 1.82) is 0 Å². The third kappa shape index (κ3) is 3.80. The monoisotopic (exact) mass is 227 g/mol. The molecule has 0 fully saturated rings. The molecule has 15 heavy (non-hydrogen) atoms. The minimum atomic E-state index is -0.315. The molecule has 0 saturated heterocycles. The first-order valence-corrected chi connectivity index (χ1v) is 5.79. The summed E-state index contributed by atoms with van der Waals surface area (Å²) in [6, 6.07) is 1.87. The topological polar surface area (TPSA) is 33.1 Å². The van der Waals surface area contributed by atoms with E-state index in [4.69, 9.17) is 11.6 Å². The van der Waals surface area contributed by atoms with Crippen molar-refractivity contribution in [2.75, 3.05) is 0 Å². The van der Waals surface area contributed by atoms with E-state index in [1.807, 2.05) is 6.07 Å². The Balaban J connectivity index is 2.58. The van der Waals surface area contributed by atoms with Gasteiger partial charge in [0.15, 0.2) is 0 Å². The number of hydrogen-bond acceptors (Lipinski definition) is 2. The van der Waals surface area contributed by atoms with E-state index >= 15 is 0 Å². The summed E-state index contributed by atoms with van der Waals surface area (Å²) in [6.45, 7) is 4.20. The standard InChI is InChI=1S/C12H18ClNO/c1-3-4-9(2)12(15)7-10-5-6-14-8-11(10)13/h5-6,8-9,12,15H,3-4,7H2,1-2H3. The van der Waals surface area contributed by atoms with E-state index in [0.29, 0.717) is 17.4 Å². The van der Waals surface area contributed by atoms with Crippen LogP contribution in [0.1, 0.15) is 32.3 Å². The number of hydrogen-bond donors (Lipinski definition) is 1. The van der Waals surface area contributed by atoms with Crippen molar-refractivity contribution in [3.8, 4) is 0 Å². The molecule has 0 aliphatic heterocycles. The molecule has 0 spiro atoms. The number of aromatic nitrogens is 1. The van der Waals surface area contributed by atoms with Crippen molar-refractivity contribution in [1.82, 2.24) is 4.98 Å². The van der Waals surface area contributed by atoms with Crippen molar-refractivity contribution >= 4 is 11.6 Å². The SMILES string of the molecule is CCCC(C)C(O)Cc1ccncc1Cl. The number of rotatable bonds is 5. The first-order chi connectivity index (χ1) is 7.15. The van der Waals surface area contributed by atoms with Gasteiger partial charge in [-0.1, -0.05) is 31.9 Å². The molecule has 0 aliphatic rings. The van der Waals surface area contributed by atoms with Crippen LogP contribution in [0.5, 0.6) is 0 Å². The van der Waals surface area contributed by atoms with E-state index in [1.54, 1.807) is 12.4 Å². The molecule has 0 aromatic carbocycles. The molecule has 0 aliphatic carbocycles. The number of pyridine rings is 1. The van der Waals surface area contributed by atoms with Gasteiger partial charge in [0.2, 0.25) is 0 Å². The molecule has 2 unspecified atom stereocenters. The smallest absolute Gasteiger partial charge is 0.0622 e. The lowest BCUT2D eigenvalue weighted by atomic mass is 9.94. The number of aliphatic hydroxyl groups excluding tert-OH is 1. The van der Waals surface area contributed by atoms with Crippen molar-refractivity contribution in [3.05, 3.63) is 29.0 Å². The molecular formula is C12H18ClNO. The van der Waals surface area contributed by atoms with Crippen LogP contribution in [0.25, 0.3) is 0 Å². The Morgan fingerprint density at radius 3 is 2.87 bits per heavy atom. The second-order valence-corrected chi connectivity index (χ2v) is 4.41. The fraction of sp³-hybridized carbons (Fsp3) is 0.583. The van der Waals surface area contributed by atoms with Crippen LogP contribution in [0.4, 0.5) is 0 Å². The number of nitrogens with zero attached hydrogens (tertiary/aromatic N) is 1. The largest absolute Gasteiger partial charge is 0.393 e. The van der Waals surface area contributed by atoms with Crippen LogP contribution in [-0.4, -0.2) is 16.2 Å². The summed E-state index contributed by atoms with van der Waals surface area (Å²) >= 11 is 5.98. The van der Waals surface area contributed by atoms with Crippen LogP contribution >= 0.6 is 11.6 Å². The van der Waals surface area contributed by atoms with E-state index in [9.17, 15) is 5.11 Å². The molecule has 1 aromatic heterocycles. The van der Waals surface area contributed by atoms with Gasteiger partial charge in [0.25, 0.3) is 0 Å². The Hall–Kier alpha value is -0.600. The Morgan fingerprint density at radius 1 is 1.53 bits per heavy atom. The van der Waals surface area contributed by atoms with Crippen LogP contribution in [0.2, 0.25) is 5.02 Å². The first-order valence-electron chi connectivity index (χ1n) is 5.41. The van der Waals surface area contributed by atoms with Crippen molar-refractivity contribution in [3.63, 3.8) is 0 Å². The Bertz CT molecular complexity index is 303. The minimum absolute atomic E-state index is 0.315. The van der Waals surface area contributed by atoms with Crippen molar-refractivity contribution in [2.24, 2.45) is 5.92 Å². The van der Waals surface area contributed by atoms with E-state index < -0.39 is 0 Å². The normalized spacial score (nSPS) is 14.9. The van der Waals surface area contributed by atoms with Gasteiger partial charge < -0.3 is 5.11 Å². The lowest BCUT2D eigenvalue weighted by Crippen LogP contribution is -2.20. The van der Waals surface area contributed by atoms with E-state index in [2.05, 4.69) is 18.8 Å². The highest BCUT2D eigenvalue weighted by molar-refractivity contribution is 6.31. The van der Waals surface area contributed by atoms with Crippen LogP contribution < -0.4 is 0 Å². The highest BCUT2D eigenvalue weighted by Crippen LogP contribution is 2.19. The third-order valence-corrected chi connectivity index (χ3v) is 3.03. The molecule has 3 heteroatoms. The maximum atomic E-state index is 9.95. The van der Waals surface area contributed by atoms with Gasteiger partial charge >= 0.3 is 0 Å². The van der Waals surface area contributed by atoms with Gasteiger partial charge in [0.05, 0.1) is 11.1 Å². The van der Waals surface area contributed by atoms with Gasteiger partial charge in [-0.2, -0.15) is 0 Å². The van der Waals surface area contributed by atoms with E-state index in [1.165, 1.54) is 0 Å². The highest BCUT2D eigenvalue weighted by Gasteiger charge is 2.15. The molecule has 2 atom stereocenters. The lowest BCUT2D eigenvalue weighted by Gasteiger charge is -2.18. The second-order valence-electron chi connectivity index (χ2n) is 4.00. The fourth-order valence-electron chi connectivity index (χ4n) is 1.64. The number of halogens is 1. The molecule has 84 valence electrons. The minimum Gasteiger partial charge on any atom is -0.393 e. The first kappa shape index (κ1) is 12.5. The van der Waals surface area contributed by atoms with Gasteiger partial charge in [0.1, 0.15) is 0 Å². The van der Waals surface area contributed by atoms with Gasteiger partial charge in [0, 0.05) is 18.8 Å². The molecule has 1 aromatic rings. The molecule has 0 amide bonds.